The van der Waals surface area contributed by atoms with Gasteiger partial charge in [-0.3, -0.25) is 9.59 Å². The Bertz CT molecular complexity index is 840. The lowest BCUT2D eigenvalue weighted by atomic mass is 10.0. The van der Waals surface area contributed by atoms with Crippen LogP contribution in [0.3, 0.4) is 0 Å². The van der Waals surface area contributed by atoms with Gasteiger partial charge < -0.3 is 10.3 Å². The van der Waals surface area contributed by atoms with E-state index in [4.69, 9.17) is 0 Å². The maximum atomic E-state index is 12.5. The van der Waals surface area contributed by atoms with E-state index in [0.717, 1.165) is 5.56 Å². The summed E-state index contributed by atoms with van der Waals surface area (Å²) in [7, 11) is 0. The summed E-state index contributed by atoms with van der Waals surface area (Å²) in [5, 5.41) is 2.75. The zero-order valence-electron chi connectivity index (χ0n) is 11.7. The van der Waals surface area contributed by atoms with Crippen molar-refractivity contribution in [3.8, 4) is 11.1 Å². The van der Waals surface area contributed by atoms with Gasteiger partial charge in [0.2, 0.25) is 0 Å². The van der Waals surface area contributed by atoms with Crippen LogP contribution in [-0.2, 0) is 0 Å². The van der Waals surface area contributed by atoms with Crippen molar-refractivity contribution in [1.82, 2.24) is 4.98 Å². The summed E-state index contributed by atoms with van der Waals surface area (Å²) in [6.45, 7) is 0. The van der Waals surface area contributed by atoms with Crippen molar-refractivity contribution in [2.24, 2.45) is 0 Å². The number of hydrogen-bond acceptors (Lipinski definition) is 2. The average molecular weight is 290 g/mol. The van der Waals surface area contributed by atoms with Crippen molar-refractivity contribution in [2.45, 2.75) is 0 Å². The smallest absolute Gasteiger partial charge is 0.261 e. The van der Waals surface area contributed by atoms with E-state index in [9.17, 15) is 9.59 Å². The Labute approximate surface area is 127 Å². The van der Waals surface area contributed by atoms with Crippen molar-refractivity contribution in [1.29, 1.82) is 0 Å². The predicted molar refractivity (Wildman–Crippen MR) is 86.9 cm³/mol. The van der Waals surface area contributed by atoms with Gasteiger partial charge in [0, 0.05) is 17.4 Å². The van der Waals surface area contributed by atoms with Gasteiger partial charge in [-0.25, -0.2) is 0 Å². The number of carbonyl (C=O) groups excluding carboxylic acids is 1. The molecular weight excluding hydrogens is 276 g/mol. The Balaban J connectivity index is 2.03. The zero-order valence-corrected chi connectivity index (χ0v) is 11.7. The molecule has 4 nitrogen and oxygen atoms in total. The molecule has 2 N–H and O–H groups in total. The van der Waals surface area contributed by atoms with E-state index in [0.29, 0.717) is 11.3 Å². The molecule has 0 saturated heterocycles. The fraction of sp³-hybridized carbons (Fsp3) is 0. The monoisotopic (exact) mass is 290 g/mol. The van der Waals surface area contributed by atoms with Gasteiger partial charge >= 0.3 is 0 Å². The molecule has 0 aliphatic heterocycles. The van der Waals surface area contributed by atoms with Crippen LogP contribution in [0.25, 0.3) is 11.1 Å². The summed E-state index contributed by atoms with van der Waals surface area (Å²) in [5.41, 5.74) is 1.78. The fourth-order valence-electron chi connectivity index (χ4n) is 2.28. The second-order valence-corrected chi connectivity index (χ2v) is 4.78. The van der Waals surface area contributed by atoms with Gasteiger partial charge in [-0.1, -0.05) is 48.5 Å². The summed E-state index contributed by atoms with van der Waals surface area (Å²) in [6.07, 6.45) is 1.55. The number of H-pyrrole nitrogens is 1. The number of amides is 1. The summed E-state index contributed by atoms with van der Waals surface area (Å²) in [6, 6.07) is 20.2. The lowest BCUT2D eigenvalue weighted by Crippen LogP contribution is -2.24. The van der Waals surface area contributed by atoms with Crippen molar-refractivity contribution in [3.63, 3.8) is 0 Å². The van der Waals surface area contributed by atoms with Gasteiger partial charge in [-0.15, -0.1) is 0 Å². The van der Waals surface area contributed by atoms with Crippen LogP contribution in [0.2, 0.25) is 0 Å². The minimum Gasteiger partial charge on any atom is -0.328 e. The molecule has 0 aliphatic carbocycles. The third-order valence-electron chi connectivity index (χ3n) is 3.30. The van der Waals surface area contributed by atoms with Crippen molar-refractivity contribution >= 4 is 11.6 Å². The molecule has 0 fully saturated rings. The molecule has 1 heterocycles. The summed E-state index contributed by atoms with van der Waals surface area (Å²) in [4.78, 5) is 27.2. The van der Waals surface area contributed by atoms with Gasteiger partial charge in [0.1, 0.15) is 5.56 Å². The predicted octanol–water partition coefficient (Wildman–Crippen LogP) is 3.29. The zero-order chi connectivity index (χ0) is 15.4. The summed E-state index contributed by atoms with van der Waals surface area (Å²) >= 11 is 0. The molecule has 3 rings (SSSR count). The summed E-state index contributed by atoms with van der Waals surface area (Å²) < 4.78 is 0. The second kappa shape index (κ2) is 6.10. The van der Waals surface area contributed by atoms with E-state index in [1.807, 2.05) is 48.5 Å². The molecule has 1 amide bonds. The highest BCUT2D eigenvalue weighted by Gasteiger charge is 2.17. The first-order valence-electron chi connectivity index (χ1n) is 6.89. The second-order valence-electron chi connectivity index (χ2n) is 4.78. The number of hydrogen-bond donors (Lipinski definition) is 2. The number of carbonyl (C=O) groups is 1. The number of rotatable bonds is 3. The molecule has 0 unspecified atom stereocenters. The van der Waals surface area contributed by atoms with Crippen LogP contribution in [0.1, 0.15) is 10.4 Å². The highest BCUT2D eigenvalue weighted by atomic mass is 16.2. The number of para-hydroxylation sites is 1. The van der Waals surface area contributed by atoms with E-state index in [1.54, 1.807) is 24.4 Å². The molecule has 3 aromatic rings. The fourth-order valence-corrected chi connectivity index (χ4v) is 2.28. The normalized spacial score (nSPS) is 10.2. The molecule has 108 valence electrons. The Morgan fingerprint density at radius 2 is 1.50 bits per heavy atom. The largest absolute Gasteiger partial charge is 0.328 e. The minimum absolute atomic E-state index is 0.109. The van der Waals surface area contributed by atoms with Gasteiger partial charge in [0.05, 0.1) is 0 Å². The Morgan fingerprint density at radius 3 is 2.18 bits per heavy atom. The number of nitrogens with one attached hydrogen (secondary N) is 2. The number of aromatic amines is 1. The van der Waals surface area contributed by atoms with Gasteiger partial charge in [0.25, 0.3) is 11.5 Å². The van der Waals surface area contributed by atoms with Crippen molar-refractivity contribution < 1.29 is 4.79 Å². The first-order chi connectivity index (χ1) is 10.8. The van der Waals surface area contributed by atoms with Gasteiger partial charge in [0.15, 0.2) is 0 Å². The average Bonchev–Trinajstić information content (AvgIpc) is 2.56. The van der Waals surface area contributed by atoms with E-state index in [1.165, 1.54) is 0 Å². The molecule has 0 radical (unpaired) electrons. The highest BCUT2D eigenvalue weighted by Crippen LogP contribution is 2.21. The topological polar surface area (TPSA) is 62.0 Å². The molecule has 0 bridgehead atoms. The molecule has 1 aromatic heterocycles. The van der Waals surface area contributed by atoms with Gasteiger partial charge in [-0.2, -0.15) is 0 Å². The van der Waals surface area contributed by atoms with E-state index >= 15 is 0 Å². The lowest BCUT2D eigenvalue weighted by molar-refractivity contribution is 0.102. The van der Waals surface area contributed by atoms with Crippen LogP contribution in [0.15, 0.2) is 77.7 Å². The first kappa shape index (κ1) is 13.8. The molecule has 2 aromatic carbocycles. The molecule has 22 heavy (non-hydrogen) atoms. The number of anilines is 1. The van der Waals surface area contributed by atoms with E-state index in [2.05, 4.69) is 10.3 Å². The third kappa shape index (κ3) is 2.81. The van der Waals surface area contributed by atoms with Crippen molar-refractivity contribution in [3.05, 3.63) is 88.8 Å². The third-order valence-corrected chi connectivity index (χ3v) is 3.30. The van der Waals surface area contributed by atoms with Crippen LogP contribution < -0.4 is 10.9 Å². The SMILES string of the molecule is O=C(Nc1ccccc1)c1c(-c2ccccc2)cc[nH]c1=O. The minimum atomic E-state index is -0.424. The molecule has 0 atom stereocenters. The standard InChI is InChI=1S/C18H14N2O2/c21-17-16(18(22)20-14-9-5-2-6-10-14)15(11-12-19-17)13-7-3-1-4-8-13/h1-12H,(H,19,21)(H,20,22). The Morgan fingerprint density at radius 1 is 0.864 bits per heavy atom. The van der Waals surface area contributed by atoms with Crippen molar-refractivity contribution in [2.75, 3.05) is 5.32 Å². The molecule has 0 saturated carbocycles. The lowest BCUT2D eigenvalue weighted by Gasteiger charge is -2.09. The number of aromatic nitrogens is 1. The van der Waals surface area contributed by atoms with Crippen LogP contribution in [-0.4, -0.2) is 10.9 Å². The van der Waals surface area contributed by atoms with E-state index in [-0.39, 0.29) is 5.56 Å². The van der Waals surface area contributed by atoms with Gasteiger partial charge in [-0.05, 0) is 23.8 Å². The molecule has 0 aliphatic rings. The van der Waals surface area contributed by atoms with Crippen LogP contribution in [0, 0.1) is 0 Å². The Hall–Kier alpha value is -3.14. The Kier molecular flexibility index (Phi) is 3.83. The number of benzene rings is 2. The summed E-state index contributed by atoms with van der Waals surface area (Å²) in [5.74, 6) is -0.424. The first-order valence-corrected chi connectivity index (χ1v) is 6.89. The molecule has 0 spiro atoms. The van der Waals surface area contributed by atoms with Crippen LogP contribution in [0.4, 0.5) is 5.69 Å². The maximum absolute atomic E-state index is 12.5. The van der Waals surface area contributed by atoms with Crippen LogP contribution in [0.5, 0.6) is 0 Å². The quantitative estimate of drug-likeness (QED) is 0.777. The van der Waals surface area contributed by atoms with E-state index < -0.39 is 11.5 Å². The van der Waals surface area contributed by atoms with Crippen LogP contribution >= 0.6 is 0 Å². The molecule has 4 heteroatoms. The maximum Gasteiger partial charge on any atom is 0.261 e. The highest BCUT2D eigenvalue weighted by molar-refractivity contribution is 6.08. The number of pyridine rings is 1. The molecular formula is C18H14N2O2.